The summed E-state index contributed by atoms with van der Waals surface area (Å²) in [6.07, 6.45) is 4.02. The first-order valence-electron chi connectivity index (χ1n) is 10.6. The molecule has 3 aromatic carbocycles. The Balaban J connectivity index is 1.67. The van der Waals surface area contributed by atoms with Gasteiger partial charge in [-0.3, -0.25) is 0 Å². The highest BCUT2D eigenvalue weighted by molar-refractivity contribution is 9.10. The number of ether oxygens (including phenoxy) is 1. The number of hydrogen-bond acceptors (Lipinski definition) is 7. The molecule has 0 aliphatic carbocycles. The molecule has 0 aromatic heterocycles. The Hall–Kier alpha value is -3.36. The molecular formula is C26H21BrN4O2S. The molecule has 1 atom stereocenters. The molecule has 1 spiro atoms. The summed E-state index contributed by atoms with van der Waals surface area (Å²) in [5, 5.41) is 13.8. The number of esters is 1. The average molecular weight is 533 g/mol. The maximum Gasteiger partial charge on any atom is 0.365 e. The number of hydrogen-bond donors (Lipinski definition) is 0. The topological polar surface area (TPSA) is 57.5 Å². The van der Waals surface area contributed by atoms with E-state index in [1.807, 2.05) is 108 Å². The molecule has 0 unspecified atom stereocenters. The Labute approximate surface area is 210 Å². The van der Waals surface area contributed by atoms with E-state index in [1.54, 1.807) is 0 Å². The van der Waals surface area contributed by atoms with E-state index in [-0.39, 0.29) is 5.04 Å². The van der Waals surface area contributed by atoms with Crippen LogP contribution in [0.1, 0.15) is 11.1 Å². The average Bonchev–Trinajstić information content (AvgIpc) is 3.24. The standard InChI is InChI=1S/C26H21BrN4O2S/c1-18-7-6-10-22(17-18)31-26(34-24(29-31)25(32)33-2)16-15-23(19-11-13-20(27)14-12-19)28-30(26)21-8-4-3-5-9-21/h3-17H,1-2H3/t26-/m1/s1. The van der Waals surface area contributed by atoms with Gasteiger partial charge in [0.15, 0.2) is 0 Å². The van der Waals surface area contributed by atoms with Gasteiger partial charge in [0.2, 0.25) is 10.0 Å². The molecule has 2 aliphatic heterocycles. The molecule has 2 heterocycles. The lowest BCUT2D eigenvalue weighted by Gasteiger charge is -2.43. The molecule has 0 amide bonds. The highest BCUT2D eigenvalue weighted by Gasteiger charge is 2.51. The molecule has 6 nitrogen and oxygen atoms in total. The fourth-order valence-electron chi connectivity index (χ4n) is 3.84. The predicted molar refractivity (Wildman–Crippen MR) is 142 cm³/mol. The zero-order chi connectivity index (χ0) is 23.7. The van der Waals surface area contributed by atoms with Crippen molar-refractivity contribution in [1.29, 1.82) is 0 Å². The van der Waals surface area contributed by atoms with Gasteiger partial charge >= 0.3 is 5.97 Å². The monoisotopic (exact) mass is 532 g/mol. The molecule has 0 N–H and O–H groups in total. The molecule has 0 radical (unpaired) electrons. The van der Waals surface area contributed by atoms with Crippen LogP contribution in [0.3, 0.4) is 0 Å². The normalized spacial score (nSPS) is 19.3. The number of carbonyl (C=O) groups excluding carboxylic acids is 1. The molecule has 2 aliphatic rings. The predicted octanol–water partition coefficient (Wildman–Crippen LogP) is 5.93. The van der Waals surface area contributed by atoms with Crippen molar-refractivity contribution < 1.29 is 9.53 Å². The van der Waals surface area contributed by atoms with E-state index in [0.717, 1.165) is 32.7 Å². The zero-order valence-corrected chi connectivity index (χ0v) is 21.0. The number of thioether (sulfide) groups is 1. The third-order valence-electron chi connectivity index (χ3n) is 5.46. The van der Waals surface area contributed by atoms with E-state index in [4.69, 9.17) is 14.9 Å². The quantitative estimate of drug-likeness (QED) is 0.389. The lowest BCUT2D eigenvalue weighted by molar-refractivity contribution is -0.132. The maximum atomic E-state index is 12.6. The second-order valence-electron chi connectivity index (χ2n) is 7.78. The van der Waals surface area contributed by atoms with Crippen LogP contribution in [0.4, 0.5) is 11.4 Å². The second-order valence-corrected chi connectivity index (χ2v) is 9.89. The first kappa shape index (κ1) is 22.4. The van der Waals surface area contributed by atoms with Crippen LogP contribution in [0.2, 0.25) is 0 Å². The van der Waals surface area contributed by atoms with Gasteiger partial charge in [0.25, 0.3) is 0 Å². The largest absolute Gasteiger partial charge is 0.464 e. The number of benzene rings is 3. The molecule has 5 rings (SSSR count). The van der Waals surface area contributed by atoms with Crippen molar-refractivity contribution in [3.63, 3.8) is 0 Å². The first-order chi connectivity index (χ1) is 16.5. The fraction of sp³-hybridized carbons (Fsp3) is 0.115. The SMILES string of the molecule is COC(=O)C1=NN(c2cccc(C)c2)[C@]2(C=CC(c3ccc(Br)cc3)=NN2c2ccccc2)S1. The van der Waals surface area contributed by atoms with E-state index in [1.165, 1.54) is 18.9 Å². The Bertz CT molecular complexity index is 1320. The van der Waals surface area contributed by atoms with Gasteiger partial charge in [-0.15, -0.1) is 0 Å². The Kier molecular flexibility index (Phi) is 6.02. The van der Waals surface area contributed by atoms with Gasteiger partial charge in [0, 0.05) is 10.0 Å². The minimum atomic E-state index is -0.933. The van der Waals surface area contributed by atoms with Crippen LogP contribution in [0, 0.1) is 6.92 Å². The molecular weight excluding hydrogens is 512 g/mol. The van der Waals surface area contributed by atoms with E-state index in [0.29, 0.717) is 0 Å². The number of nitrogens with zero attached hydrogens (tertiary/aromatic N) is 4. The van der Waals surface area contributed by atoms with Crippen molar-refractivity contribution in [1.82, 2.24) is 0 Å². The van der Waals surface area contributed by atoms with Crippen LogP contribution in [-0.2, 0) is 9.53 Å². The van der Waals surface area contributed by atoms with Crippen LogP contribution >= 0.6 is 27.7 Å². The molecule has 0 fully saturated rings. The van der Waals surface area contributed by atoms with E-state index >= 15 is 0 Å². The summed E-state index contributed by atoms with van der Waals surface area (Å²) in [5.41, 5.74) is 4.59. The minimum Gasteiger partial charge on any atom is -0.464 e. The smallest absolute Gasteiger partial charge is 0.365 e. The van der Waals surface area contributed by atoms with Crippen molar-refractivity contribution in [2.75, 3.05) is 17.1 Å². The van der Waals surface area contributed by atoms with Gasteiger partial charge in [-0.25, -0.2) is 14.8 Å². The molecule has 0 saturated carbocycles. The molecule has 0 bridgehead atoms. The van der Waals surface area contributed by atoms with Gasteiger partial charge in [0.05, 0.1) is 24.2 Å². The Morgan fingerprint density at radius 3 is 2.35 bits per heavy atom. The lowest BCUT2D eigenvalue weighted by Crippen LogP contribution is -2.53. The van der Waals surface area contributed by atoms with E-state index < -0.39 is 11.0 Å². The third-order valence-corrected chi connectivity index (χ3v) is 7.21. The highest BCUT2D eigenvalue weighted by atomic mass is 79.9. The summed E-state index contributed by atoms with van der Waals surface area (Å²) < 4.78 is 6.02. The molecule has 3 aromatic rings. The van der Waals surface area contributed by atoms with Gasteiger partial charge in [-0.1, -0.05) is 58.4 Å². The lowest BCUT2D eigenvalue weighted by atomic mass is 10.1. The Morgan fingerprint density at radius 1 is 0.941 bits per heavy atom. The minimum absolute atomic E-state index is 0.261. The number of para-hydroxylation sites is 1. The van der Waals surface area contributed by atoms with Crippen LogP contribution in [-0.4, -0.2) is 28.8 Å². The number of halogens is 1. The molecule has 170 valence electrons. The molecule has 34 heavy (non-hydrogen) atoms. The highest BCUT2D eigenvalue weighted by Crippen LogP contribution is 2.48. The van der Waals surface area contributed by atoms with Gasteiger partial charge in [0.1, 0.15) is 0 Å². The van der Waals surface area contributed by atoms with E-state index in [2.05, 4.69) is 15.9 Å². The van der Waals surface area contributed by atoms with Crippen molar-refractivity contribution >= 4 is 55.8 Å². The van der Waals surface area contributed by atoms with E-state index in [9.17, 15) is 4.79 Å². The van der Waals surface area contributed by atoms with Gasteiger partial charge < -0.3 is 4.74 Å². The third kappa shape index (κ3) is 4.03. The summed E-state index contributed by atoms with van der Waals surface area (Å²) in [5.74, 6) is -0.483. The number of allylic oxidation sites excluding steroid dienone is 1. The summed E-state index contributed by atoms with van der Waals surface area (Å²) in [6.45, 7) is 2.03. The van der Waals surface area contributed by atoms with Crippen molar-refractivity contribution in [2.45, 2.75) is 11.9 Å². The van der Waals surface area contributed by atoms with Crippen LogP contribution < -0.4 is 10.0 Å². The van der Waals surface area contributed by atoms with Gasteiger partial charge in [-0.05, 0) is 72.8 Å². The number of hydrazone groups is 2. The number of aryl methyl sites for hydroxylation is 1. The maximum absolute atomic E-state index is 12.6. The molecule has 0 saturated heterocycles. The molecule has 8 heteroatoms. The van der Waals surface area contributed by atoms with Crippen LogP contribution in [0.25, 0.3) is 0 Å². The first-order valence-corrected chi connectivity index (χ1v) is 12.2. The van der Waals surface area contributed by atoms with Gasteiger partial charge in [-0.2, -0.15) is 10.2 Å². The number of carbonyl (C=O) groups is 1. The second kappa shape index (κ2) is 9.12. The van der Waals surface area contributed by atoms with Crippen molar-refractivity contribution in [2.24, 2.45) is 10.2 Å². The van der Waals surface area contributed by atoms with Crippen molar-refractivity contribution in [3.8, 4) is 0 Å². The van der Waals surface area contributed by atoms with Crippen LogP contribution in [0.5, 0.6) is 0 Å². The summed E-state index contributed by atoms with van der Waals surface area (Å²) in [7, 11) is 1.36. The zero-order valence-electron chi connectivity index (χ0n) is 18.6. The fourth-order valence-corrected chi connectivity index (χ4v) is 5.28. The number of anilines is 2. The number of methoxy groups -OCH3 is 1. The summed E-state index contributed by atoms with van der Waals surface area (Å²) in [6, 6.07) is 25.9. The van der Waals surface area contributed by atoms with Crippen molar-refractivity contribution in [3.05, 3.63) is 107 Å². The summed E-state index contributed by atoms with van der Waals surface area (Å²) >= 11 is 4.80. The van der Waals surface area contributed by atoms with Crippen LogP contribution in [0.15, 0.2) is 106 Å². The Morgan fingerprint density at radius 2 is 1.65 bits per heavy atom. The number of rotatable bonds is 4. The summed E-state index contributed by atoms with van der Waals surface area (Å²) in [4.78, 5) is 11.6.